The van der Waals surface area contributed by atoms with Gasteiger partial charge in [0.25, 0.3) is 0 Å². The molecule has 92 heavy (non-hydrogen) atoms. The van der Waals surface area contributed by atoms with Gasteiger partial charge in [0.05, 0.1) is 32.0 Å². The zero-order valence-corrected chi connectivity index (χ0v) is 58.8. The third kappa shape index (κ3) is 45.2. The molecular formula is C78H143NO13. The lowest BCUT2D eigenvalue weighted by atomic mass is 9.97. The van der Waals surface area contributed by atoms with E-state index in [0.717, 1.165) is 44.9 Å². The van der Waals surface area contributed by atoms with Gasteiger partial charge in [-0.2, -0.15) is 0 Å². The van der Waals surface area contributed by atoms with E-state index in [1.807, 2.05) is 6.08 Å². The molecule has 12 atom stereocenters. The molecule has 2 fully saturated rings. The van der Waals surface area contributed by atoms with Gasteiger partial charge in [0, 0.05) is 6.42 Å². The molecule has 538 valence electrons. The van der Waals surface area contributed by atoms with Crippen molar-refractivity contribution in [1.29, 1.82) is 0 Å². The second-order valence-electron chi connectivity index (χ2n) is 27.1. The molecule has 2 saturated heterocycles. The van der Waals surface area contributed by atoms with Crippen molar-refractivity contribution in [2.45, 2.75) is 408 Å². The number of ether oxygens (including phenoxy) is 4. The van der Waals surface area contributed by atoms with E-state index in [4.69, 9.17) is 18.9 Å². The summed E-state index contributed by atoms with van der Waals surface area (Å²) in [6, 6.07) is -0.933. The summed E-state index contributed by atoms with van der Waals surface area (Å²) >= 11 is 0. The van der Waals surface area contributed by atoms with Crippen LogP contribution in [0.15, 0.2) is 60.8 Å². The van der Waals surface area contributed by atoms with Crippen molar-refractivity contribution >= 4 is 5.91 Å². The minimum Gasteiger partial charge on any atom is -0.394 e. The van der Waals surface area contributed by atoms with Gasteiger partial charge in [-0.05, 0) is 70.6 Å². The molecule has 0 bridgehead atoms. The van der Waals surface area contributed by atoms with Crippen LogP contribution in [0.3, 0.4) is 0 Å². The van der Waals surface area contributed by atoms with E-state index in [-0.39, 0.29) is 18.9 Å². The average molecular weight is 1300 g/mol. The first kappa shape index (κ1) is 85.8. The molecule has 0 aliphatic carbocycles. The van der Waals surface area contributed by atoms with E-state index in [1.54, 1.807) is 6.08 Å². The monoisotopic (exact) mass is 1300 g/mol. The maximum atomic E-state index is 13.4. The minimum atomic E-state index is -1.79. The van der Waals surface area contributed by atoms with Crippen LogP contribution in [0.1, 0.15) is 335 Å². The molecule has 14 heteroatoms. The van der Waals surface area contributed by atoms with Gasteiger partial charge in [-0.15, -0.1) is 0 Å². The predicted molar refractivity (Wildman–Crippen MR) is 378 cm³/mol. The largest absolute Gasteiger partial charge is 0.394 e. The summed E-state index contributed by atoms with van der Waals surface area (Å²) in [5, 5.41) is 87.5. The number of hydrogen-bond donors (Lipinski definition) is 9. The van der Waals surface area contributed by atoms with Crippen LogP contribution in [0.5, 0.6) is 0 Å². The molecule has 0 aromatic carbocycles. The summed E-state index contributed by atoms with van der Waals surface area (Å²) in [7, 11) is 0. The fourth-order valence-corrected chi connectivity index (χ4v) is 12.6. The molecule has 12 unspecified atom stereocenters. The number of nitrogens with one attached hydrogen (secondary N) is 1. The first-order valence-corrected chi connectivity index (χ1v) is 38.5. The van der Waals surface area contributed by atoms with Crippen molar-refractivity contribution in [3.63, 3.8) is 0 Å². The molecule has 9 N–H and O–H groups in total. The van der Waals surface area contributed by atoms with Crippen molar-refractivity contribution in [1.82, 2.24) is 5.32 Å². The van der Waals surface area contributed by atoms with Crippen LogP contribution in [-0.2, 0) is 23.7 Å². The lowest BCUT2D eigenvalue weighted by Gasteiger charge is -2.46. The Morgan fingerprint density at radius 2 is 0.728 bits per heavy atom. The second kappa shape index (κ2) is 62.2. The molecule has 0 saturated carbocycles. The number of carbonyl (C=O) groups excluding carboxylic acids is 1. The van der Waals surface area contributed by atoms with Crippen LogP contribution >= 0.6 is 0 Å². The third-order valence-electron chi connectivity index (χ3n) is 18.7. The van der Waals surface area contributed by atoms with Gasteiger partial charge in [-0.3, -0.25) is 4.79 Å². The lowest BCUT2D eigenvalue weighted by molar-refractivity contribution is -0.359. The fraction of sp³-hybridized carbons (Fsp3) is 0.859. The second-order valence-corrected chi connectivity index (χ2v) is 27.1. The minimum absolute atomic E-state index is 0.244. The summed E-state index contributed by atoms with van der Waals surface area (Å²) in [6.45, 7) is 2.81. The van der Waals surface area contributed by atoms with Gasteiger partial charge in [0.15, 0.2) is 12.6 Å². The maximum absolute atomic E-state index is 13.4. The lowest BCUT2D eigenvalue weighted by Crippen LogP contribution is -2.65. The molecule has 0 aromatic rings. The van der Waals surface area contributed by atoms with E-state index in [2.05, 4.69) is 67.8 Å². The Morgan fingerprint density at radius 1 is 0.391 bits per heavy atom. The first-order valence-electron chi connectivity index (χ1n) is 38.5. The van der Waals surface area contributed by atoms with Gasteiger partial charge in [-0.1, -0.05) is 319 Å². The molecule has 2 heterocycles. The standard InChI is InChI=1S/C78H143NO13/c1-3-5-7-9-11-13-15-17-19-21-23-25-26-27-28-29-30-31-32-33-34-35-36-37-38-39-40-42-44-46-48-50-52-54-56-58-60-62-70(83)79-66(67(82)61-59-57-55-53-51-49-47-45-43-41-24-22-20-18-16-14-12-10-8-6-4-2)65-89-77-75(88)73(86)76(69(64-81)91-77)92-78-74(87)72(85)71(84)68(63-80)90-78/h15,17,21,23,26-27,51,53,59,61,66-69,71-78,80-82,84-88H,3-14,16,18-20,22,24-25,28-50,52,54-58,60,62-65H2,1-2H3,(H,79,83)/b17-15-,23-21-,27-26-,53-51+,61-59+. The molecule has 2 rings (SSSR count). The summed E-state index contributed by atoms with van der Waals surface area (Å²) in [4.78, 5) is 13.4. The highest BCUT2D eigenvalue weighted by Crippen LogP contribution is 2.30. The number of unbranched alkanes of at least 4 members (excludes halogenated alkanes) is 43. The Morgan fingerprint density at radius 3 is 1.14 bits per heavy atom. The zero-order valence-electron chi connectivity index (χ0n) is 58.8. The maximum Gasteiger partial charge on any atom is 0.220 e. The van der Waals surface area contributed by atoms with Gasteiger partial charge in [0.1, 0.15) is 48.8 Å². The Labute approximate surface area is 562 Å². The van der Waals surface area contributed by atoms with Crippen LogP contribution in [-0.4, -0.2) is 140 Å². The van der Waals surface area contributed by atoms with Crippen molar-refractivity contribution in [2.24, 2.45) is 0 Å². The smallest absolute Gasteiger partial charge is 0.220 e. The normalized spacial score (nSPS) is 23.0. The van der Waals surface area contributed by atoms with E-state index < -0.39 is 86.8 Å². The average Bonchev–Trinajstić information content (AvgIpc) is 0.915. The number of aliphatic hydroxyl groups is 8. The molecule has 2 aliphatic rings. The summed E-state index contributed by atoms with van der Waals surface area (Å²) in [6.07, 6.45) is 67.3. The van der Waals surface area contributed by atoms with Crippen molar-refractivity contribution < 1.29 is 64.6 Å². The SMILES string of the molecule is CCCCCCC/C=C\C/C=C\C/C=C\CCCCCCCCCCCCCCCCCCCCCCCCC(=O)NC(COC1OC(CO)C(OC2OC(CO)C(O)C(O)C2O)C(O)C1O)C(O)/C=C/CC/C=C/CCCCCCCCCCCCCCCCC. The number of rotatable bonds is 64. The summed E-state index contributed by atoms with van der Waals surface area (Å²) < 4.78 is 22.9. The number of allylic oxidation sites excluding steroid dienone is 9. The molecule has 2 aliphatic heterocycles. The van der Waals surface area contributed by atoms with Crippen molar-refractivity contribution in [3.8, 4) is 0 Å². The number of hydrogen-bond acceptors (Lipinski definition) is 13. The molecule has 14 nitrogen and oxygen atoms in total. The number of amides is 1. The highest BCUT2D eigenvalue weighted by Gasteiger charge is 2.51. The summed E-state index contributed by atoms with van der Waals surface area (Å²) in [5.41, 5.74) is 0. The van der Waals surface area contributed by atoms with Crippen molar-refractivity contribution in [2.75, 3.05) is 19.8 Å². The summed E-state index contributed by atoms with van der Waals surface area (Å²) in [5.74, 6) is -0.244. The van der Waals surface area contributed by atoms with Crippen LogP contribution < -0.4 is 5.32 Å². The fourth-order valence-electron chi connectivity index (χ4n) is 12.6. The number of aliphatic hydroxyl groups excluding tert-OH is 8. The first-order chi connectivity index (χ1) is 45.1. The van der Waals surface area contributed by atoms with Gasteiger partial charge in [-0.25, -0.2) is 0 Å². The van der Waals surface area contributed by atoms with E-state index in [0.29, 0.717) is 12.8 Å². The van der Waals surface area contributed by atoms with E-state index >= 15 is 0 Å². The molecule has 0 radical (unpaired) electrons. The van der Waals surface area contributed by atoms with E-state index in [9.17, 15) is 45.6 Å². The highest BCUT2D eigenvalue weighted by molar-refractivity contribution is 5.76. The van der Waals surface area contributed by atoms with Gasteiger partial charge >= 0.3 is 0 Å². The van der Waals surface area contributed by atoms with Gasteiger partial charge < -0.3 is 65.1 Å². The highest BCUT2D eigenvalue weighted by atomic mass is 16.7. The Bertz CT molecular complexity index is 1780. The molecule has 0 spiro atoms. The van der Waals surface area contributed by atoms with Crippen LogP contribution in [0.25, 0.3) is 0 Å². The third-order valence-corrected chi connectivity index (χ3v) is 18.7. The molecular weight excluding hydrogens is 1160 g/mol. The topological polar surface area (TPSA) is 228 Å². The Kier molecular flexibility index (Phi) is 58.0. The Balaban J connectivity index is 1.61. The molecule has 1 amide bonds. The Hall–Kier alpha value is -2.31. The van der Waals surface area contributed by atoms with Crippen molar-refractivity contribution in [3.05, 3.63) is 60.8 Å². The molecule has 0 aromatic heterocycles. The van der Waals surface area contributed by atoms with Gasteiger partial charge in [0.2, 0.25) is 5.91 Å². The van der Waals surface area contributed by atoms with Crippen LogP contribution in [0.4, 0.5) is 0 Å². The number of carbonyl (C=O) groups is 1. The van der Waals surface area contributed by atoms with E-state index in [1.165, 1.54) is 257 Å². The van der Waals surface area contributed by atoms with Crippen LogP contribution in [0.2, 0.25) is 0 Å². The predicted octanol–water partition coefficient (Wildman–Crippen LogP) is 16.8. The van der Waals surface area contributed by atoms with Crippen LogP contribution in [0, 0.1) is 0 Å². The quantitative estimate of drug-likeness (QED) is 0.0204. The zero-order chi connectivity index (χ0) is 66.6.